The molecule has 0 unspecified atom stereocenters. The smallest absolute Gasteiger partial charge is 0.0385 e. The molecule has 0 aliphatic rings. The molecular formula is C13H27N. The van der Waals surface area contributed by atoms with Crippen molar-refractivity contribution in [1.82, 2.24) is 0 Å². The van der Waals surface area contributed by atoms with Crippen molar-refractivity contribution in [3.63, 3.8) is 0 Å². The first kappa shape index (κ1) is 13.7. The van der Waals surface area contributed by atoms with Gasteiger partial charge >= 0.3 is 0 Å². The summed E-state index contributed by atoms with van der Waals surface area (Å²) in [5, 5.41) is 0. The van der Waals surface area contributed by atoms with Gasteiger partial charge in [-0.2, -0.15) is 0 Å². The van der Waals surface area contributed by atoms with Crippen LogP contribution in [-0.2, 0) is 0 Å². The third-order valence-corrected chi connectivity index (χ3v) is 2.45. The van der Waals surface area contributed by atoms with Gasteiger partial charge in [-0.15, -0.1) is 0 Å². The van der Waals surface area contributed by atoms with Crippen molar-refractivity contribution in [3.05, 3.63) is 0 Å². The number of nitrogens with zero attached hydrogens (tertiary/aromatic N) is 1. The van der Waals surface area contributed by atoms with Gasteiger partial charge in [0, 0.05) is 6.54 Å². The molecule has 0 aromatic heterocycles. The summed E-state index contributed by atoms with van der Waals surface area (Å²) in [5.41, 5.74) is 0. The standard InChI is InChI=1S/C13H27N/c1-3-5-6-7-8-9-10-11-13-14-12-4-2/h12H,3-11,13H2,1-2H3. The molecule has 0 rings (SSSR count). The molecular weight excluding hydrogens is 170 g/mol. The van der Waals surface area contributed by atoms with Gasteiger partial charge < -0.3 is 0 Å². The summed E-state index contributed by atoms with van der Waals surface area (Å²) in [6.07, 6.45) is 14.2. The zero-order chi connectivity index (χ0) is 10.5. The fourth-order valence-electron chi connectivity index (χ4n) is 1.56. The van der Waals surface area contributed by atoms with Crippen molar-refractivity contribution in [2.75, 3.05) is 6.54 Å². The molecule has 84 valence electrons. The van der Waals surface area contributed by atoms with Crippen LogP contribution in [0.2, 0.25) is 0 Å². The van der Waals surface area contributed by atoms with E-state index in [-0.39, 0.29) is 0 Å². The molecule has 0 atom stereocenters. The lowest BCUT2D eigenvalue weighted by Crippen LogP contribution is -1.84. The van der Waals surface area contributed by atoms with Gasteiger partial charge in [0.05, 0.1) is 0 Å². The van der Waals surface area contributed by atoms with Crippen LogP contribution in [0.5, 0.6) is 0 Å². The Balaban J connectivity index is 2.88. The quantitative estimate of drug-likeness (QED) is 0.358. The number of unbranched alkanes of at least 4 members (excludes halogenated alkanes) is 7. The van der Waals surface area contributed by atoms with Gasteiger partial charge in [-0.3, -0.25) is 4.99 Å². The molecule has 0 aliphatic heterocycles. The molecule has 0 N–H and O–H groups in total. The first-order valence-corrected chi connectivity index (χ1v) is 6.40. The van der Waals surface area contributed by atoms with E-state index in [1.165, 1.54) is 51.4 Å². The average Bonchev–Trinajstić information content (AvgIpc) is 2.21. The van der Waals surface area contributed by atoms with E-state index in [0.29, 0.717) is 0 Å². The van der Waals surface area contributed by atoms with Gasteiger partial charge in [-0.05, 0) is 19.1 Å². The zero-order valence-electron chi connectivity index (χ0n) is 10.1. The van der Waals surface area contributed by atoms with E-state index in [1.54, 1.807) is 0 Å². The van der Waals surface area contributed by atoms with Crippen LogP contribution in [-0.4, -0.2) is 12.8 Å². The monoisotopic (exact) mass is 197 g/mol. The fraction of sp³-hybridized carbons (Fsp3) is 0.923. The molecule has 0 fully saturated rings. The highest BCUT2D eigenvalue weighted by atomic mass is 14.7. The van der Waals surface area contributed by atoms with Crippen LogP contribution < -0.4 is 0 Å². The lowest BCUT2D eigenvalue weighted by atomic mass is 10.1. The molecule has 0 amide bonds. The van der Waals surface area contributed by atoms with Gasteiger partial charge in [0.2, 0.25) is 0 Å². The third kappa shape index (κ3) is 11.7. The minimum atomic E-state index is 1.04. The Labute approximate surface area is 90.0 Å². The molecule has 0 radical (unpaired) electrons. The molecule has 0 heterocycles. The highest BCUT2D eigenvalue weighted by Gasteiger charge is 1.90. The summed E-state index contributed by atoms with van der Waals surface area (Å²) < 4.78 is 0. The predicted molar refractivity (Wildman–Crippen MR) is 66.3 cm³/mol. The largest absolute Gasteiger partial charge is 0.298 e. The predicted octanol–water partition coefficient (Wildman–Crippen LogP) is 4.61. The third-order valence-electron chi connectivity index (χ3n) is 2.45. The van der Waals surface area contributed by atoms with E-state index in [4.69, 9.17) is 0 Å². The lowest BCUT2D eigenvalue weighted by molar-refractivity contribution is 0.578. The summed E-state index contributed by atoms with van der Waals surface area (Å²) in [4.78, 5) is 4.31. The van der Waals surface area contributed by atoms with E-state index in [1.807, 2.05) is 6.21 Å². The average molecular weight is 197 g/mol. The van der Waals surface area contributed by atoms with E-state index in [0.717, 1.165) is 13.0 Å². The van der Waals surface area contributed by atoms with Gasteiger partial charge in [0.25, 0.3) is 0 Å². The Bertz CT molecular complexity index is 118. The summed E-state index contributed by atoms with van der Waals surface area (Å²) in [6.45, 7) is 5.45. The van der Waals surface area contributed by atoms with E-state index in [9.17, 15) is 0 Å². The van der Waals surface area contributed by atoms with E-state index < -0.39 is 0 Å². The van der Waals surface area contributed by atoms with Gasteiger partial charge in [0.15, 0.2) is 0 Å². The van der Waals surface area contributed by atoms with E-state index >= 15 is 0 Å². The second kappa shape index (κ2) is 12.7. The highest BCUT2D eigenvalue weighted by Crippen LogP contribution is 2.08. The molecule has 0 bridgehead atoms. The molecule has 0 aliphatic carbocycles. The highest BCUT2D eigenvalue weighted by molar-refractivity contribution is 5.56. The Hall–Kier alpha value is -0.330. The maximum absolute atomic E-state index is 4.31. The van der Waals surface area contributed by atoms with Crippen molar-refractivity contribution in [2.45, 2.75) is 71.6 Å². The molecule has 1 nitrogen and oxygen atoms in total. The first-order chi connectivity index (χ1) is 6.91. The minimum absolute atomic E-state index is 1.04. The second-order valence-corrected chi connectivity index (χ2v) is 3.97. The molecule has 0 aromatic rings. The number of hydrogen-bond acceptors (Lipinski definition) is 1. The topological polar surface area (TPSA) is 12.4 Å². The second-order valence-electron chi connectivity index (χ2n) is 3.97. The molecule has 0 saturated carbocycles. The van der Waals surface area contributed by atoms with Crippen LogP contribution in [0.15, 0.2) is 4.99 Å². The first-order valence-electron chi connectivity index (χ1n) is 6.40. The van der Waals surface area contributed by atoms with Crippen LogP contribution in [0.1, 0.15) is 71.6 Å². The van der Waals surface area contributed by atoms with E-state index in [2.05, 4.69) is 18.8 Å². The fourth-order valence-corrected chi connectivity index (χ4v) is 1.56. The zero-order valence-corrected chi connectivity index (χ0v) is 10.1. The van der Waals surface area contributed by atoms with Crippen LogP contribution in [0.4, 0.5) is 0 Å². The van der Waals surface area contributed by atoms with Gasteiger partial charge in [-0.1, -0.05) is 58.8 Å². The minimum Gasteiger partial charge on any atom is -0.298 e. The van der Waals surface area contributed by atoms with Crippen LogP contribution in [0, 0.1) is 0 Å². The maximum atomic E-state index is 4.31. The van der Waals surface area contributed by atoms with Crippen molar-refractivity contribution in [2.24, 2.45) is 4.99 Å². The molecule has 0 aromatic carbocycles. The molecule has 1 heteroatoms. The Morgan fingerprint density at radius 2 is 1.36 bits per heavy atom. The maximum Gasteiger partial charge on any atom is 0.0385 e. The number of rotatable bonds is 10. The van der Waals surface area contributed by atoms with Gasteiger partial charge in [-0.25, -0.2) is 0 Å². The Morgan fingerprint density at radius 3 is 1.93 bits per heavy atom. The molecule has 0 spiro atoms. The summed E-state index contributed by atoms with van der Waals surface area (Å²) in [5.74, 6) is 0. The summed E-state index contributed by atoms with van der Waals surface area (Å²) in [6, 6.07) is 0. The molecule has 14 heavy (non-hydrogen) atoms. The number of aliphatic imine (C=N–C) groups is 1. The SMILES string of the molecule is CCC=NCCCCCCCCCC. The summed E-state index contributed by atoms with van der Waals surface area (Å²) >= 11 is 0. The van der Waals surface area contributed by atoms with Crippen LogP contribution >= 0.6 is 0 Å². The van der Waals surface area contributed by atoms with Crippen molar-refractivity contribution in [1.29, 1.82) is 0 Å². The summed E-state index contributed by atoms with van der Waals surface area (Å²) in [7, 11) is 0. The van der Waals surface area contributed by atoms with Crippen molar-refractivity contribution < 1.29 is 0 Å². The van der Waals surface area contributed by atoms with Crippen LogP contribution in [0.3, 0.4) is 0 Å². The lowest BCUT2D eigenvalue weighted by Gasteiger charge is -1.99. The van der Waals surface area contributed by atoms with Gasteiger partial charge in [0.1, 0.15) is 0 Å². The van der Waals surface area contributed by atoms with Crippen LogP contribution in [0.25, 0.3) is 0 Å². The molecule has 0 saturated heterocycles. The van der Waals surface area contributed by atoms with Crippen molar-refractivity contribution >= 4 is 6.21 Å². The number of hydrogen-bond donors (Lipinski definition) is 0. The van der Waals surface area contributed by atoms with Crippen molar-refractivity contribution in [3.8, 4) is 0 Å². The normalized spacial score (nSPS) is 11.3. The Morgan fingerprint density at radius 1 is 0.786 bits per heavy atom. The Kier molecular flexibility index (Phi) is 12.4.